The van der Waals surface area contributed by atoms with Crippen molar-refractivity contribution in [2.24, 2.45) is 0 Å². The Morgan fingerprint density at radius 1 is 1.33 bits per heavy atom. The first-order valence-electron chi connectivity index (χ1n) is 9.89. The van der Waals surface area contributed by atoms with E-state index in [1.165, 1.54) is 12.1 Å². The van der Waals surface area contributed by atoms with Crippen molar-refractivity contribution in [2.45, 2.75) is 51.9 Å². The molecule has 1 unspecified atom stereocenters. The number of anilines is 1. The minimum absolute atomic E-state index is 0.113. The Morgan fingerprint density at radius 3 is 2.77 bits per heavy atom. The predicted molar refractivity (Wildman–Crippen MR) is 109 cm³/mol. The van der Waals surface area contributed by atoms with E-state index in [2.05, 4.69) is 15.4 Å². The van der Waals surface area contributed by atoms with Crippen LogP contribution < -0.4 is 5.32 Å². The summed E-state index contributed by atoms with van der Waals surface area (Å²) in [7, 11) is 0. The van der Waals surface area contributed by atoms with E-state index in [0.29, 0.717) is 23.6 Å². The monoisotopic (exact) mass is 420 g/mol. The third-order valence-corrected chi connectivity index (χ3v) is 4.78. The van der Waals surface area contributed by atoms with Crippen LogP contribution in [0, 0.1) is 5.82 Å². The number of aromatic nitrogens is 3. The fourth-order valence-electron chi connectivity index (χ4n) is 3.44. The molecule has 2 aromatic heterocycles. The van der Waals surface area contributed by atoms with E-state index in [9.17, 15) is 17.6 Å². The van der Waals surface area contributed by atoms with Gasteiger partial charge in [0.15, 0.2) is 0 Å². The van der Waals surface area contributed by atoms with Crippen molar-refractivity contribution in [1.29, 1.82) is 0 Å². The van der Waals surface area contributed by atoms with Crippen LogP contribution >= 0.6 is 0 Å². The van der Waals surface area contributed by atoms with Crippen LogP contribution in [0.25, 0.3) is 5.57 Å². The fraction of sp³-hybridized carbons (Fsp3) is 0.364. The number of hydrogen-bond acceptors (Lipinski definition) is 3. The number of allylic oxidation sites excluding steroid dienone is 6. The predicted octanol–water partition coefficient (Wildman–Crippen LogP) is 6.22. The Labute approximate surface area is 173 Å². The average Bonchev–Trinajstić information content (AvgIpc) is 3.13. The summed E-state index contributed by atoms with van der Waals surface area (Å²) in [5, 5.41) is 7.82. The number of nitrogens with zero attached hydrogens (tertiary/aromatic N) is 3. The van der Waals surface area contributed by atoms with Gasteiger partial charge in [0.25, 0.3) is 0 Å². The molecule has 160 valence electrons. The van der Waals surface area contributed by atoms with Crippen LogP contribution in [0.3, 0.4) is 0 Å². The number of aryl methyl sites for hydroxylation is 1. The van der Waals surface area contributed by atoms with Crippen molar-refractivity contribution in [3.8, 4) is 0 Å². The van der Waals surface area contributed by atoms with E-state index in [-0.39, 0.29) is 12.5 Å². The van der Waals surface area contributed by atoms with Gasteiger partial charge in [-0.2, -0.15) is 18.3 Å². The molecule has 0 amide bonds. The zero-order chi connectivity index (χ0) is 21.7. The van der Waals surface area contributed by atoms with Gasteiger partial charge in [-0.05, 0) is 50.5 Å². The highest BCUT2D eigenvalue weighted by Crippen LogP contribution is 2.33. The maximum Gasteiger partial charge on any atom is 0.416 e. The molecule has 2 aromatic rings. The lowest BCUT2D eigenvalue weighted by molar-refractivity contribution is -0.0883. The Bertz CT molecular complexity index is 953. The van der Waals surface area contributed by atoms with Crippen LogP contribution in [0.15, 0.2) is 54.3 Å². The molecule has 0 fully saturated rings. The largest absolute Gasteiger partial charge is 0.416 e. The maximum atomic E-state index is 13.4. The van der Waals surface area contributed by atoms with Crippen LogP contribution in [0.4, 0.5) is 23.4 Å². The van der Waals surface area contributed by atoms with Gasteiger partial charge in [-0.1, -0.05) is 25.2 Å². The van der Waals surface area contributed by atoms with Crippen molar-refractivity contribution in [1.82, 2.24) is 14.8 Å². The van der Waals surface area contributed by atoms with Gasteiger partial charge < -0.3 is 5.32 Å². The zero-order valence-corrected chi connectivity index (χ0v) is 16.9. The molecule has 30 heavy (non-hydrogen) atoms. The van der Waals surface area contributed by atoms with Crippen LogP contribution in [-0.2, 0) is 6.54 Å². The molecule has 0 radical (unpaired) electrons. The number of halogens is 4. The number of hydrogen-bond donors (Lipinski definition) is 1. The van der Waals surface area contributed by atoms with Crippen LogP contribution in [-0.4, -0.2) is 20.9 Å². The van der Waals surface area contributed by atoms with Gasteiger partial charge in [0.1, 0.15) is 11.6 Å². The first-order chi connectivity index (χ1) is 14.3. The normalized spacial score (nSPS) is 18.0. The van der Waals surface area contributed by atoms with Crippen molar-refractivity contribution in [3.63, 3.8) is 0 Å². The standard InChI is InChI=1S/C22H24F4N4/c1-3-6-15(12-16(7-4-2)22(24,25)26)19-13-20-18(8-5-11-30(20)29-19)28-21-10-9-17(23)14-27-21/h3,6-7,9-10,12-14,18H,4-5,8,11H2,1-2H3,(H,27,28)/b6-3-,15-12+,16-7-. The molecule has 3 heterocycles. The van der Waals surface area contributed by atoms with E-state index < -0.39 is 17.6 Å². The molecule has 1 atom stereocenters. The summed E-state index contributed by atoms with van der Waals surface area (Å²) >= 11 is 0. The smallest absolute Gasteiger partial charge is 0.362 e. The Hall–Kier alpha value is -2.90. The quantitative estimate of drug-likeness (QED) is 0.445. The number of nitrogens with one attached hydrogen (secondary N) is 1. The molecule has 3 rings (SSSR count). The van der Waals surface area contributed by atoms with Crippen molar-refractivity contribution >= 4 is 11.4 Å². The van der Waals surface area contributed by atoms with E-state index in [1.807, 2.05) is 10.7 Å². The summed E-state index contributed by atoms with van der Waals surface area (Å²) in [6.45, 7) is 4.11. The fourth-order valence-corrected chi connectivity index (χ4v) is 3.44. The van der Waals surface area contributed by atoms with Crippen molar-refractivity contribution in [2.75, 3.05) is 5.32 Å². The van der Waals surface area contributed by atoms with Gasteiger partial charge >= 0.3 is 6.18 Å². The first-order valence-corrected chi connectivity index (χ1v) is 9.89. The molecule has 0 aliphatic carbocycles. The van der Waals surface area contributed by atoms with Gasteiger partial charge in [0, 0.05) is 12.1 Å². The van der Waals surface area contributed by atoms with Crippen molar-refractivity contribution < 1.29 is 17.6 Å². The molecule has 1 N–H and O–H groups in total. The maximum absolute atomic E-state index is 13.4. The zero-order valence-electron chi connectivity index (χ0n) is 16.9. The minimum Gasteiger partial charge on any atom is -0.362 e. The van der Waals surface area contributed by atoms with Crippen LogP contribution in [0.1, 0.15) is 50.5 Å². The van der Waals surface area contributed by atoms with Gasteiger partial charge in [-0.25, -0.2) is 9.37 Å². The van der Waals surface area contributed by atoms with Crippen LogP contribution in [0.2, 0.25) is 0 Å². The van der Waals surface area contributed by atoms with Crippen molar-refractivity contribution in [3.05, 3.63) is 71.5 Å². The van der Waals surface area contributed by atoms with E-state index >= 15 is 0 Å². The molecule has 0 spiro atoms. The Morgan fingerprint density at radius 2 is 2.13 bits per heavy atom. The van der Waals surface area contributed by atoms with Gasteiger partial charge in [0.05, 0.1) is 29.2 Å². The Kier molecular flexibility index (Phi) is 6.74. The second-order valence-corrected chi connectivity index (χ2v) is 7.04. The molecule has 0 aromatic carbocycles. The van der Waals surface area contributed by atoms with E-state index in [1.54, 1.807) is 32.1 Å². The highest BCUT2D eigenvalue weighted by atomic mass is 19.4. The summed E-state index contributed by atoms with van der Waals surface area (Å²) in [4.78, 5) is 4.03. The molecule has 4 nitrogen and oxygen atoms in total. The second-order valence-electron chi connectivity index (χ2n) is 7.04. The lowest BCUT2D eigenvalue weighted by atomic mass is 10.0. The molecule has 0 saturated heterocycles. The van der Waals surface area contributed by atoms with Crippen LogP contribution in [0.5, 0.6) is 0 Å². The third kappa shape index (κ3) is 5.17. The summed E-state index contributed by atoms with van der Waals surface area (Å²) in [6, 6.07) is 4.58. The topological polar surface area (TPSA) is 42.7 Å². The number of fused-ring (bicyclic) bond motifs is 1. The minimum atomic E-state index is -4.43. The lowest BCUT2D eigenvalue weighted by Crippen LogP contribution is -2.22. The second kappa shape index (κ2) is 9.28. The van der Waals surface area contributed by atoms with Gasteiger partial charge in [-0.3, -0.25) is 4.68 Å². The number of pyridine rings is 1. The molecule has 8 heteroatoms. The van der Waals surface area contributed by atoms with Gasteiger partial charge in [-0.15, -0.1) is 0 Å². The van der Waals surface area contributed by atoms with E-state index in [4.69, 9.17) is 0 Å². The molecular formula is C22H24F4N4. The SMILES string of the molecule is C\C=C/C(=C\C(=C\CC)C(F)(F)F)c1cc2n(n1)CCCC2Nc1ccc(F)cn1. The highest BCUT2D eigenvalue weighted by molar-refractivity contribution is 5.74. The Balaban J connectivity index is 1.95. The molecule has 0 saturated carbocycles. The molecule has 1 aliphatic heterocycles. The lowest BCUT2D eigenvalue weighted by Gasteiger charge is -2.24. The highest BCUT2D eigenvalue weighted by Gasteiger charge is 2.32. The number of rotatable bonds is 6. The molecular weight excluding hydrogens is 396 g/mol. The molecule has 1 aliphatic rings. The van der Waals surface area contributed by atoms with E-state index in [0.717, 1.165) is 30.8 Å². The summed E-state index contributed by atoms with van der Waals surface area (Å²) in [6.07, 6.45) is 4.31. The summed E-state index contributed by atoms with van der Waals surface area (Å²) in [5.41, 5.74) is 1.06. The first kappa shape index (κ1) is 21.8. The number of alkyl halides is 3. The molecule has 0 bridgehead atoms. The third-order valence-electron chi connectivity index (χ3n) is 4.78. The average molecular weight is 420 g/mol. The van der Waals surface area contributed by atoms with Gasteiger partial charge in [0.2, 0.25) is 0 Å². The summed E-state index contributed by atoms with van der Waals surface area (Å²) in [5.74, 6) is 0.116. The summed E-state index contributed by atoms with van der Waals surface area (Å²) < 4.78 is 55.1.